The molecule has 1 aromatic heterocycles. The van der Waals surface area contributed by atoms with Crippen LogP contribution >= 0.6 is 11.8 Å². The summed E-state index contributed by atoms with van der Waals surface area (Å²) in [6.07, 6.45) is 0. The van der Waals surface area contributed by atoms with Gasteiger partial charge in [-0.25, -0.2) is 13.8 Å². The second-order valence-electron chi connectivity index (χ2n) is 4.99. The lowest BCUT2D eigenvalue weighted by molar-refractivity contribution is -0.113. The SMILES string of the molecule is O=C(CSc1nc2ccccc2n1C(F)F)Nc1cc(F)ccc1F. The number of imidazole rings is 1. The molecule has 25 heavy (non-hydrogen) atoms. The molecule has 0 fully saturated rings. The fourth-order valence-corrected chi connectivity index (χ4v) is 3.03. The molecule has 0 radical (unpaired) electrons. The second-order valence-corrected chi connectivity index (χ2v) is 5.93. The van der Waals surface area contributed by atoms with E-state index >= 15 is 0 Å². The lowest BCUT2D eigenvalue weighted by atomic mass is 10.3. The minimum atomic E-state index is -2.82. The summed E-state index contributed by atoms with van der Waals surface area (Å²) in [5.41, 5.74) is 0.312. The average Bonchev–Trinajstić information content (AvgIpc) is 2.95. The monoisotopic (exact) mass is 369 g/mol. The summed E-state index contributed by atoms with van der Waals surface area (Å²) in [7, 11) is 0. The maximum Gasteiger partial charge on any atom is 0.321 e. The van der Waals surface area contributed by atoms with Gasteiger partial charge < -0.3 is 5.32 Å². The zero-order valence-electron chi connectivity index (χ0n) is 12.5. The molecule has 1 heterocycles. The zero-order valence-corrected chi connectivity index (χ0v) is 13.4. The van der Waals surface area contributed by atoms with E-state index in [0.29, 0.717) is 5.52 Å². The molecule has 0 aliphatic heterocycles. The molecule has 0 spiro atoms. The minimum Gasteiger partial charge on any atom is -0.323 e. The van der Waals surface area contributed by atoms with E-state index in [4.69, 9.17) is 0 Å². The number of alkyl halides is 2. The fraction of sp³-hybridized carbons (Fsp3) is 0.125. The number of thioether (sulfide) groups is 1. The standard InChI is InChI=1S/C16H11F4N3OS/c17-9-5-6-10(18)12(7-9)21-14(24)8-25-16-22-11-3-1-2-4-13(11)23(16)15(19)20/h1-7,15H,8H2,(H,21,24). The summed E-state index contributed by atoms with van der Waals surface area (Å²) in [6.45, 7) is -2.82. The van der Waals surface area contributed by atoms with Gasteiger partial charge in [0.05, 0.1) is 22.5 Å². The van der Waals surface area contributed by atoms with Crippen LogP contribution in [0.1, 0.15) is 6.55 Å². The highest BCUT2D eigenvalue weighted by Crippen LogP contribution is 2.29. The number of carbonyl (C=O) groups is 1. The summed E-state index contributed by atoms with van der Waals surface area (Å²) >= 11 is 0.782. The van der Waals surface area contributed by atoms with E-state index in [0.717, 1.165) is 34.5 Å². The Morgan fingerprint density at radius 1 is 1.20 bits per heavy atom. The molecule has 4 nitrogen and oxygen atoms in total. The van der Waals surface area contributed by atoms with Crippen molar-refractivity contribution in [1.29, 1.82) is 0 Å². The molecule has 9 heteroatoms. The number of rotatable bonds is 5. The summed E-state index contributed by atoms with van der Waals surface area (Å²) in [4.78, 5) is 16.0. The van der Waals surface area contributed by atoms with E-state index in [1.807, 2.05) is 0 Å². The number of anilines is 1. The molecular formula is C16H11F4N3OS. The Balaban J connectivity index is 1.75. The van der Waals surface area contributed by atoms with Crippen LogP contribution in [-0.4, -0.2) is 21.2 Å². The Labute approximate surface area is 143 Å². The van der Waals surface area contributed by atoms with E-state index in [1.54, 1.807) is 18.2 Å². The third-order valence-corrected chi connectivity index (χ3v) is 4.25. The minimum absolute atomic E-state index is 0.0361. The molecule has 0 bridgehead atoms. The van der Waals surface area contributed by atoms with Gasteiger partial charge >= 0.3 is 6.55 Å². The third kappa shape index (κ3) is 3.76. The third-order valence-electron chi connectivity index (χ3n) is 3.29. The first-order chi connectivity index (χ1) is 12.0. The van der Waals surface area contributed by atoms with Crippen molar-refractivity contribution in [2.45, 2.75) is 11.7 Å². The Morgan fingerprint density at radius 3 is 2.72 bits per heavy atom. The van der Waals surface area contributed by atoms with Crippen LogP contribution in [0.15, 0.2) is 47.6 Å². The molecule has 130 valence electrons. The van der Waals surface area contributed by atoms with Crippen LogP contribution in [-0.2, 0) is 4.79 Å². The van der Waals surface area contributed by atoms with Gasteiger partial charge in [-0.3, -0.25) is 9.36 Å². The van der Waals surface area contributed by atoms with E-state index in [-0.39, 0.29) is 22.1 Å². The maximum atomic E-state index is 13.5. The van der Waals surface area contributed by atoms with Crippen LogP contribution in [0.2, 0.25) is 0 Å². The predicted octanol–water partition coefficient (Wildman–Crippen LogP) is 4.44. The molecule has 3 aromatic rings. The zero-order chi connectivity index (χ0) is 18.0. The summed E-state index contributed by atoms with van der Waals surface area (Å²) in [6, 6.07) is 9.00. The van der Waals surface area contributed by atoms with Crippen LogP contribution in [0.4, 0.5) is 23.2 Å². The van der Waals surface area contributed by atoms with E-state index in [2.05, 4.69) is 10.3 Å². The molecule has 1 amide bonds. The quantitative estimate of drug-likeness (QED) is 0.534. The molecule has 2 aromatic carbocycles. The fourth-order valence-electron chi connectivity index (χ4n) is 2.22. The molecule has 0 saturated heterocycles. The average molecular weight is 369 g/mol. The number of para-hydroxylation sites is 2. The van der Waals surface area contributed by atoms with Crippen LogP contribution in [0.3, 0.4) is 0 Å². The highest BCUT2D eigenvalue weighted by atomic mass is 32.2. The van der Waals surface area contributed by atoms with Gasteiger partial charge in [0.1, 0.15) is 11.6 Å². The Bertz CT molecular complexity index is 929. The van der Waals surface area contributed by atoms with Crippen LogP contribution in [0, 0.1) is 11.6 Å². The smallest absolute Gasteiger partial charge is 0.321 e. The molecule has 0 saturated carbocycles. The van der Waals surface area contributed by atoms with E-state index in [1.165, 1.54) is 6.07 Å². The van der Waals surface area contributed by atoms with Gasteiger partial charge in [0.2, 0.25) is 5.91 Å². The number of nitrogens with one attached hydrogen (secondary N) is 1. The van der Waals surface area contributed by atoms with Crippen molar-refractivity contribution >= 4 is 34.4 Å². The lowest BCUT2D eigenvalue weighted by Gasteiger charge is -2.08. The predicted molar refractivity (Wildman–Crippen MR) is 86.7 cm³/mol. The van der Waals surface area contributed by atoms with E-state index in [9.17, 15) is 22.4 Å². The Hall–Kier alpha value is -2.55. The van der Waals surface area contributed by atoms with Gasteiger partial charge in [-0.05, 0) is 24.3 Å². The van der Waals surface area contributed by atoms with Gasteiger partial charge in [0.25, 0.3) is 0 Å². The van der Waals surface area contributed by atoms with Crippen molar-refractivity contribution in [1.82, 2.24) is 9.55 Å². The number of benzene rings is 2. The first-order valence-corrected chi connectivity index (χ1v) is 8.07. The van der Waals surface area contributed by atoms with Gasteiger partial charge in [0.15, 0.2) is 5.16 Å². The summed E-state index contributed by atoms with van der Waals surface area (Å²) in [5.74, 6) is -2.45. The number of nitrogens with zero attached hydrogens (tertiary/aromatic N) is 2. The first kappa shape index (κ1) is 17.3. The molecule has 0 unspecified atom stereocenters. The molecular weight excluding hydrogens is 358 g/mol. The van der Waals surface area contributed by atoms with Gasteiger partial charge in [0, 0.05) is 6.07 Å². The maximum absolute atomic E-state index is 13.5. The highest BCUT2D eigenvalue weighted by Gasteiger charge is 2.19. The first-order valence-electron chi connectivity index (χ1n) is 7.08. The van der Waals surface area contributed by atoms with Crippen LogP contribution < -0.4 is 5.32 Å². The molecule has 0 atom stereocenters. The van der Waals surface area contributed by atoms with Crippen molar-refractivity contribution in [3.05, 3.63) is 54.1 Å². The van der Waals surface area contributed by atoms with Crippen molar-refractivity contribution in [3.8, 4) is 0 Å². The van der Waals surface area contributed by atoms with Gasteiger partial charge in [-0.1, -0.05) is 23.9 Å². The normalized spacial score (nSPS) is 11.2. The number of amides is 1. The van der Waals surface area contributed by atoms with Crippen molar-refractivity contribution in [3.63, 3.8) is 0 Å². The topological polar surface area (TPSA) is 46.9 Å². The Morgan fingerprint density at radius 2 is 1.96 bits per heavy atom. The van der Waals surface area contributed by atoms with Gasteiger partial charge in [-0.2, -0.15) is 8.78 Å². The number of aromatic nitrogens is 2. The largest absolute Gasteiger partial charge is 0.323 e. The number of carbonyl (C=O) groups excluding carboxylic acids is 1. The highest BCUT2D eigenvalue weighted by molar-refractivity contribution is 7.99. The number of halogens is 4. The summed E-state index contributed by atoms with van der Waals surface area (Å²) in [5, 5.41) is 2.17. The lowest BCUT2D eigenvalue weighted by Crippen LogP contribution is -2.16. The number of fused-ring (bicyclic) bond motifs is 1. The van der Waals surface area contributed by atoms with E-state index < -0.39 is 24.1 Å². The molecule has 1 N–H and O–H groups in total. The van der Waals surface area contributed by atoms with Crippen LogP contribution in [0.5, 0.6) is 0 Å². The Kier molecular flexibility index (Phi) is 4.93. The molecule has 0 aliphatic rings. The molecule has 3 rings (SSSR count). The number of hydrogen-bond acceptors (Lipinski definition) is 3. The second kappa shape index (κ2) is 7.14. The van der Waals surface area contributed by atoms with Crippen molar-refractivity contribution in [2.24, 2.45) is 0 Å². The van der Waals surface area contributed by atoms with Gasteiger partial charge in [-0.15, -0.1) is 0 Å². The van der Waals surface area contributed by atoms with Crippen molar-refractivity contribution in [2.75, 3.05) is 11.1 Å². The van der Waals surface area contributed by atoms with Crippen LogP contribution in [0.25, 0.3) is 11.0 Å². The summed E-state index contributed by atoms with van der Waals surface area (Å²) < 4.78 is 53.9. The van der Waals surface area contributed by atoms with Crippen molar-refractivity contribution < 1.29 is 22.4 Å². The number of hydrogen-bond donors (Lipinski definition) is 1. The molecule has 0 aliphatic carbocycles.